The zero-order valence-electron chi connectivity index (χ0n) is 15.2. The van der Waals surface area contributed by atoms with Crippen LogP contribution >= 0.6 is 0 Å². The number of ether oxygens (including phenoxy) is 1. The van der Waals surface area contributed by atoms with E-state index < -0.39 is 0 Å². The first kappa shape index (κ1) is 18.0. The molecule has 1 fully saturated rings. The molecule has 1 aromatic carbocycles. The molecule has 4 heteroatoms. The molecule has 0 radical (unpaired) electrons. The molecule has 2 aromatic rings. The van der Waals surface area contributed by atoms with Crippen LogP contribution in [0.4, 0.5) is 0 Å². The average Bonchev–Trinajstić information content (AvgIpc) is 3.16. The van der Waals surface area contributed by atoms with E-state index in [1.54, 1.807) is 13.4 Å². The number of hydrogen-bond acceptors (Lipinski definition) is 4. The third-order valence-electron chi connectivity index (χ3n) is 5.34. The number of hydrogen-bond donors (Lipinski definition) is 1. The average molecular weight is 342 g/mol. The molecule has 1 aliphatic rings. The van der Waals surface area contributed by atoms with Crippen LogP contribution in [0.25, 0.3) is 0 Å². The second-order valence-electron chi connectivity index (χ2n) is 7.22. The summed E-state index contributed by atoms with van der Waals surface area (Å²) in [6.07, 6.45) is 6.89. The van der Waals surface area contributed by atoms with Crippen molar-refractivity contribution < 1.29 is 9.15 Å². The summed E-state index contributed by atoms with van der Waals surface area (Å²) >= 11 is 0. The SMILES string of the molecule is COc1ccc(CN(Cc2ccco2)CC2CCC(CN)CC2)cc1. The molecule has 0 unspecified atom stereocenters. The summed E-state index contributed by atoms with van der Waals surface area (Å²) in [5.41, 5.74) is 7.14. The van der Waals surface area contributed by atoms with E-state index in [1.165, 1.54) is 31.2 Å². The van der Waals surface area contributed by atoms with Crippen molar-refractivity contribution in [3.8, 4) is 5.75 Å². The van der Waals surface area contributed by atoms with Crippen molar-refractivity contribution in [1.29, 1.82) is 0 Å². The van der Waals surface area contributed by atoms with E-state index in [-0.39, 0.29) is 0 Å². The van der Waals surface area contributed by atoms with Gasteiger partial charge < -0.3 is 14.9 Å². The molecule has 25 heavy (non-hydrogen) atoms. The molecule has 0 bridgehead atoms. The first-order chi connectivity index (χ1) is 12.3. The van der Waals surface area contributed by atoms with Gasteiger partial charge in [0.25, 0.3) is 0 Å². The maximum atomic E-state index is 5.83. The second kappa shape index (κ2) is 9.07. The molecule has 1 saturated carbocycles. The van der Waals surface area contributed by atoms with Crippen molar-refractivity contribution in [3.63, 3.8) is 0 Å². The molecular formula is C21H30N2O2. The van der Waals surface area contributed by atoms with Gasteiger partial charge in [-0.15, -0.1) is 0 Å². The lowest BCUT2D eigenvalue weighted by atomic mass is 9.82. The van der Waals surface area contributed by atoms with Gasteiger partial charge in [0.1, 0.15) is 11.5 Å². The number of furan rings is 1. The van der Waals surface area contributed by atoms with Gasteiger partial charge in [-0.3, -0.25) is 4.90 Å². The Morgan fingerprint density at radius 1 is 1.04 bits per heavy atom. The number of benzene rings is 1. The zero-order chi connectivity index (χ0) is 17.5. The molecule has 0 amide bonds. The highest BCUT2D eigenvalue weighted by Gasteiger charge is 2.22. The highest BCUT2D eigenvalue weighted by atomic mass is 16.5. The Morgan fingerprint density at radius 3 is 2.36 bits per heavy atom. The van der Waals surface area contributed by atoms with Gasteiger partial charge in [-0.1, -0.05) is 12.1 Å². The van der Waals surface area contributed by atoms with Crippen LogP contribution in [0.1, 0.15) is 37.0 Å². The molecule has 0 aliphatic heterocycles. The summed E-state index contributed by atoms with van der Waals surface area (Å²) in [6, 6.07) is 12.4. The quantitative estimate of drug-likeness (QED) is 0.786. The Hall–Kier alpha value is -1.78. The fourth-order valence-electron chi connectivity index (χ4n) is 3.81. The van der Waals surface area contributed by atoms with Gasteiger partial charge >= 0.3 is 0 Å². The topological polar surface area (TPSA) is 51.6 Å². The predicted octanol–water partition coefficient (Wildman–Crippen LogP) is 4.06. The van der Waals surface area contributed by atoms with Gasteiger partial charge in [0, 0.05) is 13.1 Å². The Bertz CT molecular complexity index is 601. The van der Waals surface area contributed by atoms with Crippen molar-refractivity contribution in [2.45, 2.75) is 38.8 Å². The lowest BCUT2D eigenvalue weighted by Gasteiger charge is -2.32. The second-order valence-corrected chi connectivity index (χ2v) is 7.22. The van der Waals surface area contributed by atoms with Crippen LogP contribution in [0, 0.1) is 11.8 Å². The summed E-state index contributed by atoms with van der Waals surface area (Å²) in [4.78, 5) is 2.51. The van der Waals surface area contributed by atoms with E-state index in [0.717, 1.165) is 49.5 Å². The van der Waals surface area contributed by atoms with Crippen LogP contribution < -0.4 is 10.5 Å². The van der Waals surface area contributed by atoms with Crippen LogP contribution in [0.3, 0.4) is 0 Å². The van der Waals surface area contributed by atoms with E-state index in [9.17, 15) is 0 Å². The van der Waals surface area contributed by atoms with E-state index in [0.29, 0.717) is 0 Å². The normalized spacial score (nSPS) is 20.8. The number of nitrogens with two attached hydrogens (primary N) is 1. The van der Waals surface area contributed by atoms with Gasteiger partial charge in [-0.2, -0.15) is 0 Å². The third kappa shape index (κ3) is 5.35. The molecule has 1 aliphatic carbocycles. The van der Waals surface area contributed by atoms with Crippen molar-refractivity contribution >= 4 is 0 Å². The molecule has 0 atom stereocenters. The largest absolute Gasteiger partial charge is 0.497 e. The summed E-state index contributed by atoms with van der Waals surface area (Å²) < 4.78 is 10.8. The monoisotopic (exact) mass is 342 g/mol. The molecule has 4 nitrogen and oxygen atoms in total. The predicted molar refractivity (Wildman–Crippen MR) is 100 cm³/mol. The Kier molecular flexibility index (Phi) is 6.54. The smallest absolute Gasteiger partial charge is 0.118 e. The van der Waals surface area contributed by atoms with E-state index in [1.807, 2.05) is 18.2 Å². The highest BCUT2D eigenvalue weighted by molar-refractivity contribution is 5.27. The van der Waals surface area contributed by atoms with E-state index >= 15 is 0 Å². The number of rotatable bonds is 8. The number of nitrogens with zero attached hydrogens (tertiary/aromatic N) is 1. The maximum absolute atomic E-state index is 5.83. The van der Waals surface area contributed by atoms with Crippen LogP contribution in [0.2, 0.25) is 0 Å². The van der Waals surface area contributed by atoms with Crippen molar-refractivity contribution in [2.24, 2.45) is 17.6 Å². The summed E-state index contributed by atoms with van der Waals surface area (Å²) in [7, 11) is 1.70. The number of methoxy groups -OCH3 is 1. The molecular weight excluding hydrogens is 312 g/mol. The van der Waals surface area contributed by atoms with Gasteiger partial charge in [0.15, 0.2) is 0 Å². The Balaban J connectivity index is 1.62. The van der Waals surface area contributed by atoms with Crippen LogP contribution in [-0.2, 0) is 13.1 Å². The van der Waals surface area contributed by atoms with Gasteiger partial charge in [0.05, 0.1) is 19.9 Å². The molecule has 1 heterocycles. The summed E-state index contributed by atoms with van der Waals surface area (Å²) in [5, 5.41) is 0. The standard InChI is InChI=1S/C21H30N2O2/c1-24-20-10-8-19(9-11-20)15-23(16-21-3-2-12-25-21)14-18-6-4-17(13-22)5-7-18/h2-3,8-12,17-18H,4-7,13-16,22H2,1H3. The van der Waals surface area contributed by atoms with Crippen molar-refractivity contribution in [1.82, 2.24) is 4.90 Å². The fraction of sp³-hybridized carbons (Fsp3) is 0.524. The van der Waals surface area contributed by atoms with Gasteiger partial charge in [0.2, 0.25) is 0 Å². The molecule has 0 spiro atoms. The molecule has 3 rings (SSSR count). The lowest BCUT2D eigenvalue weighted by Crippen LogP contribution is -2.32. The highest BCUT2D eigenvalue weighted by Crippen LogP contribution is 2.29. The maximum Gasteiger partial charge on any atom is 0.118 e. The minimum Gasteiger partial charge on any atom is -0.497 e. The molecule has 136 valence electrons. The minimum atomic E-state index is 0.733. The summed E-state index contributed by atoms with van der Waals surface area (Å²) in [6.45, 7) is 3.75. The minimum absolute atomic E-state index is 0.733. The summed E-state index contributed by atoms with van der Waals surface area (Å²) in [5.74, 6) is 3.43. The van der Waals surface area contributed by atoms with E-state index in [4.69, 9.17) is 14.9 Å². The zero-order valence-corrected chi connectivity index (χ0v) is 15.2. The van der Waals surface area contributed by atoms with Gasteiger partial charge in [-0.25, -0.2) is 0 Å². The Morgan fingerprint density at radius 2 is 1.76 bits per heavy atom. The van der Waals surface area contributed by atoms with Crippen molar-refractivity contribution in [3.05, 3.63) is 54.0 Å². The van der Waals surface area contributed by atoms with Crippen molar-refractivity contribution in [2.75, 3.05) is 20.2 Å². The fourth-order valence-corrected chi connectivity index (χ4v) is 3.81. The van der Waals surface area contributed by atoms with Crippen LogP contribution in [0.5, 0.6) is 5.75 Å². The van der Waals surface area contributed by atoms with Crippen LogP contribution in [0.15, 0.2) is 47.1 Å². The molecule has 1 aromatic heterocycles. The molecule has 0 saturated heterocycles. The first-order valence-electron chi connectivity index (χ1n) is 9.34. The van der Waals surface area contributed by atoms with Gasteiger partial charge in [-0.05, 0) is 73.9 Å². The molecule has 2 N–H and O–H groups in total. The lowest BCUT2D eigenvalue weighted by molar-refractivity contribution is 0.161. The van der Waals surface area contributed by atoms with E-state index in [2.05, 4.69) is 23.1 Å². The first-order valence-corrected chi connectivity index (χ1v) is 9.34. The third-order valence-corrected chi connectivity index (χ3v) is 5.34. The van der Waals surface area contributed by atoms with Crippen LogP contribution in [-0.4, -0.2) is 25.1 Å². The Labute approximate surface area is 151 Å².